The molecule has 0 radical (unpaired) electrons. The Balaban J connectivity index is 1.47. The van der Waals surface area contributed by atoms with Crippen molar-refractivity contribution in [2.75, 3.05) is 17.6 Å². The predicted molar refractivity (Wildman–Crippen MR) is 109 cm³/mol. The summed E-state index contributed by atoms with van der Waals surface area (Å²) in [6.45, 7) is 0.575. The van der Waals surface area contributed by atoms with E-state index in [0.717, 1.165) is 5.69 Å². The van der Waals surface area contributed by atoms with Gasteiger partial charge in [-0.25, -0.2) is 19.0 Å². The molecule has 0 aliphatic carbocycles. The van der Waals surface area contributed by atoms with Gasteiger partial charge in [0.15, 0.2) is 0 Å². The van der Waals surface area contributed by atoms with Crippen LogP contribution in [0, 0.1) is 17.1 Å². The van der Waals surface area contributed by atoms with E-state index in [-0.39, 0.29) is 11.3 Å². The Morgan fingerprint density at radius 2 is 1.93 bits per heavy atom. The van der Waals surface area contributed by atoms with Gasteiger partial charge >= 0.3 is 0 Å². The molecule has 0 spiro atoms. The lowest BCUT2D eigenvalue weighted by molar-refractivity contribution is 0.636. The zero-order valence-corrected chi connectivity index (χ0v) is 15.5. The van der Waals surface area contributed by atoms with Crippen molar-refractivity contribution in [1.29, 1.82) is 5.26 Å². The van der Waals surface area contributed by atoms with E-state index in [1.807, 2.05) is 30.3 Å². The molecular formula is C21H18FN7. The Bertz CT molecular complexity index is 1200. The Morgan fingerprint density at radius 3 is 2.72 bits per heavy atom. The molecule has 0 fully saturated rings. The minimum absolute atomic E-state index is 0.283. The van der Waals surface area contributed by atoms with Crippen LogP contribution in [0.25, 0.3) is 16.6 Å². The summed E-state index contributed by atoms with van der Waals surface area (Å²) in [5, 5.41) is 17.8. The highest BCUT2D eigenvalue weighted by atomic mass is 19.1. The zero-order chi connectivity index (χ0) is 20.2. The Kier molecular flexibility index (Phi) is 5.03. The number of nitrogen functional groups attached to an aromatic ring is 1. The van der Waals surface area contributed by atoms with Crippen molar-refractivity contribution in [3.05, 3.63) is 71.9 Å². The van der Waals surface area contributed by atoms with Gasteiger partial charge in [-0.1, -0.05) is 24.3 Å². The molecule has 2 heterocycles. The molecule has 0 aliphatic heterocycles. The molecule has 0 bridgehead atoms. The summed E-state index contributed by atoms with van der Waals surface area (Å²) < 4.78 is 15.5. The molecule has 3 N–H and O–H groups in total. The van der Waals surface area contributed by atoms with Gasteiger partial charge in [-0.05, 0) is 37.1 Å². The third-order valence-electron chi connectivity index (χ3n) is 4.60. The first-order valence-electron chi connectivity index (χ1n) is 9.15. The first kappa shape index (κ1) is 18.4. The highest BCUT2D eigenvalue weighted by molar-refractivity contribution is 5.89. The standard InChI is InChI=1S/C21H18FN7/c22-17-9-4-8-15-19(17)26-13-27-21(15)25-11-5-10-18-16(12-23)20(24)29(28-18)14-6-2-1-3-7-14/h1-4,6-9,13H,5,10-11,24H2,(H,25,26,27). The minimum Gasteiger partial charge on any atom is -0.382 e. The van der Waals surface area contributed by atoms with Gasteiger partial charge in [-0.3, -0.25) is 0 Å². The van der Waals surface area contributed by atoms with E-state index in [1.165, 1.54) is 12.4 Å². The average Bonchev–Trinajstić information content (AvgIpc) is 3.07. The molecule has 0 amide bonds. The zero-order valence-electron chi connectivity index (χ0n) is 15.5. The summed E-state index contributed by atoms with van der Waals surface area (Å²) in [4.78, 5) is 8.20. The number of nitrogens with zero attached hydrogens (tertiary/aromatic N) is 5. The third kappa shape index (κ3) is 3.58. The number of aromatic nitrogens is 4. The fraction of sp³-hybridized carbons (Fsp3) is 0.143. The molecule has 7 nitrogen and oxygen atoms in total. The predicted octanol–water partition coefficient (Wildman–Crippen LogP) is 3.45. The van der Waals surface area contributed by atoms with Crippen LogP contribution in [-0.2, 0) is 6.42 Å². The average molecular weight is 387 g/mol. The molecule has 0 aliphatic rings. The number of fused-ring (bicyclic) bond motifs is 1. The largest absolute Gasteiger partial charge is 0.382 e. The molecule has 0 unspecified atom stereocenters. The number of nitriles is 1. The van der Waals surface area contributed by atoms with E-state index >= 15 is 0 Å². The van der Waals surface area contributed by atoms with Gasteiger partial charge in [0.05, 0.1) is 11.4 Å². The van der Waals surface area contributed by atoms with Crippen molar-refractivity contribution >= 4 is 22.5 Å². The molecule has 4 aromatic rings. The summed E-state index contributed by atoms with van der Waals surface area (Å²) in [6.07, 6.45) is 2.60. The van der Waals surface area contributed by atoms with E-state index in [0.29, 0.717) is 47.7 Å². The van der Waals surface area contributed by atoms with Gasteiger partial charge in [0.1, 0.15) is 40.9 Å². The Labute approximate surface area is 166 Å². The van der Waals surface area contributed by atoms with Crippen molar-refractivity contribution in [3.8, 4) is 11.8 Å². The fourth-order valence-electron chi connectivity index (χ4n) is 3.20. The second-order valence-corrected chi connectivity index (χ2v) is 6.45. The summed E-state index contributed by atoms with van der Waals surface area (Å²) in [6, 6.07) is 16.4. The number of halogens is 1. The molecule has 144 valence electrons. The first-order valence-corrected chi connectivity index (χ1v) is 9.15. The molecule has 0 saturated heterocycles. The van der Waals surface area contributed by atoms with Crippen molar-refractivity contribution in [1.82, 2.24) is 19.7 Å². The van der Waals surface area contributed by atoms with Crippen LogP contribution in [0.15, 0.2) is 54.9 Å². The van der Waals surface area contributed by atoms with E-state index in [9.17, 15) is 9.65 Å². The molecule has 0 saturated carbocycles. The normalized spacial score (nSPS) is 10.8. The van der Waals surface area contributed by atoms with Crippen LogP contribution < -0.4 is 11.1 Å². The lowest BCUT2D eigenvalue weighted by Gasteiger charge is -2.08. The maximum atomic E-state index is 13.9. The van der Waals surface area contributed by atoms with E-state index in [1.54, 1.807) is 16.8 Å². The Morgan fingerprint density at radius 1 is 1.10 bits per heavy atom. The number of nitrogens with two attached hydrogens (primary N) is 1. The van der Waals surface area contributed by atoms with Crippen LogP contribution in [0.3, 0.4) is 0 Å². The lowest BCUT2D eigenvalue weighted by Crippen LogP contribution is -2.06. The van der Waals surface area contributed by atoms with Crippen LogP contribution in [-0.4, -0.2) is 26.3 Å². The van der Waals surface area contributed by atoms with Crippen LogP contribution in [0.4, 0.5) is 16.0 Å². The maximum absolute atomic E-state index is 13.9. The molecule has 4 rings (SSSR count). The van der Waals surface area contributed by atoms with Gasteiger partial charge < -0.3 is 11.1 Å². The number of aryl methyl sites for hydroxylation is 1. The van der Waals surface area contributed by atoms with Gasteiger partial charge in [0.25, 0.3) is 0 Å². The SMILES string of the molecule is N#Cc1c(CCCNc2ncnc3c(F)cccc23)nn(-c2ccccc2)c1N. The molecule has 0 atom stereocenters. The van der Waals surface area contributed by atoms with Gasteiger partial charge in [0, 0.05) is 11.9 Å². The third-order valence-corrected chi connectivity index (χ3v) is 4.60. The second kappa shape index (κ2) is 7.94. The van der Waals surface area contributed by atoms with E-state index in [4.69, 9.17) is 5.73 Å². The highest BCUT2D eigenvalue weighted by Crippen LogP contribution is 2.23. The first-order chi connectivity index (χ1) is 14.2. The molecule has 2 aromatic carbocycles. The molecule has 2 aromatic heterocycles. The monoisotopic (exact) mass is 387 g/mol. The smallest absolute Gasteiger partial charge is 0.149 e. The van der Waals surface area contributed by atoms with Gasteiger partial charge in [-0.15, -0.1) is 0 Å². The number of hydrogen-bond acceptors (Lipinski definition) is 6. The quantitative estimate of drug-likeness (QED) is 0.491. The molecular weight excluding hydrogens is 369 g/mol. The number of anilines is 2. The number of rotatable bonds is 6. The van der Waals surface area contributed by atoms with Gasteiger partial charge in [-0.2, -0.15) is 10.4 Å². The topological polar surface area (TPSA) is 105 Å². The minimum atomic E-state index is -0.381. The second-order valence-electron chi connectivity index (χ2n) is 6.45. The maximum Gasteiger partial charge on any atom is 0.149 e. The van der Waals surface area contributed by atoms with Crippen molar-refractivity contribution in [2.45, 2.75) is 12.8 Å². The number of nitrogens with one attached hydrogen (secondary N) is 1. The van der Waals surface area contributed by atoms with Gasteiger partial charge in [0.2, 0.25) is 0 Å². The summed E-state index contributed by atoms with van der Waals surface area (Å²) >= 11 is 0. The van der Waals surface area contributed by atoms with Crippen LogP contribution in [0.2, 0.25) is 0 Å². The van der Waals surface area contributed by atoms with Crippen LogP contribution in [0.1, 0.15) is 17.7 Å². The van der Waals surface area contributed by atoms with Crippen molar-refractivity contribution < 1.29 is 4.39 Å². The number of para-hydroxylation sites is 2. The number of benzene rings is 2. The van der Waals surface area contributed by atoms with Crippen molar-refractivity contribution in [3.63, 3.8) is 0 Å². The summed E-state index contributed by atoms with van der Waals surface area (Å²) in [5.74, 6) is 0.525. The van der Waals surface area contributed by atoms with Crippen molar-refractivity contribution in [2.24, 2.45) is 0 Å². The highest BCUT2D eigenvalue weighted by Gasteiger charge is 2.16. The summed E-state index contributed by atoms with van der Waals surface area (Å²) in [5.41, 5.74) is 8.26. The molecule has 29 heavy (non-hydrogen) atoms. The summed E-state index contributed by atoms with van der Waals surface area (Å²) in [7, 11) is 0. The number of hydrogen-bond donors (Lipinski definition) is 2. The fourth-order valence-corrected chi connectivity index (χ4v) is 3.20. The van der Waals surface area contributed by atoms with Crippen LogP contribution in [0.5, 0.6) is 0 Å². The van der Waals surface area contributed by atoms with E-state index in [2.05, 4.69) is 26.5 Å². The lowest BCUT2D eigenvalue weighted by atomic mass is 10.1. The van der Waals surface area contributed by atoms with Crippen LogP contribution >= 0.6 is 0 Å². The van der Waals surface area contributed by atoms with E-state index < -0.39 is 0 Å². The molecule has 8 heteroatoms. The Hall–Kier alpha value is -3.99.